The second-order valence-corrected chi connectivity index (χ2v) is 52.9. The van der Waals surface area contributed by atoms with Gasteiger partial charge in [0, 0.05) is 31.0 Å². The number of aromatic nitrogens is 10. The number of hydrogen-bond donors (Lipinski definition) is 9. The van der Waals surface area contributed by atoms with Gasteiger partial charge < -0.3 is 48.7 Å². The van der Waals surface area contributed by atoms with E-state index in [0.717, 1.165) is 89.9 Å². The van der Waals surface area contributed by atoms with Crippen LogP contribution < -0.4 is 70.9 Å². The zero-order valence-corrected chi connectivity index (χ0v) is 81.5. The maximum atomic E-state index is 13.4. The van der Waals surface area contributed by atoms with Gasteiger partial charge in [0.05, 0.1) is 51.1 Å². The van der Waals surface area contributed by atoms with Crippen molar-refractivity contribution in [2.24, 2.45) is 37.4 Å². The molecule has 4 fully saturated rings. The predicted molar refractivity (Wildman–Crippen MR) is 535 cm³/mol. The summed E-state index contributed by atoms with van der Waals surface area (Å²) in [4.78, 5) is 142. The summed E-state index contributed by atoms with van der Waals surface area (Å²) in [7, 11) is -4.00. The fourth-order valence-corrected chi connectivity index (χ4v) is 18.9. The molecule has 17 rings (SSSR count). The first-order valence-electron chi connectivity index (χ1n) is 41.4. The number of halogens is 6. The average molecular weight is 2060 g/mol. The van der Waals surface area contributed by atoms with Gasteiger partial charge in [-0.1, -0.05) is 192 Å². The minimum absolute atomic E-state index is 0. The van der Waals surface area contributed by atoms with Gasteiger partial charge in [0.25, 0.3) is 45.9 Å². The van der Waals surface area contributed by atoms with Gasteiger partial charge in [-0.05, 0) is 143 Å². The first-order chi connectivity index (χ1) is 60.2. The highest BCUT2D eigenvalue weighted by Gasteiger charge is 2.50. The summed E-state index contributed by atoms with van der Waals surface area (Å²) in [6.45, 7) is 19.5. The number of hydrogen-bond acceptors (Lipinski definition) is 23. The molecule has 0 saturated heterocycles. The number of aliphatic imine (C=N–C) groups is 4. The molecule has 4 amide bonds. The van der Waals surface area contributed by atoms with Crippen LogP contribution in [0.25, 0.3) is 0 Å². The number of rotatable bonds is 6. The maximum absolute atomic E-state index is 13.4. The molecule has 0 bridgehead atoms. The van der Waals surface area contributed by atoms with Crippen LogP contribution in [0.5, 0.6) is 0 Å². The molecule has 4 atom stereocenters. The Morgan fingerprint density at radius 2 is 0.752 bits per heavy atom. The number of nitrogens with two attached hydrogens (primary N) is 2. The molecule has 40 heteroatoms. The van der Waals surface area contributed by atoms with Gasteiger partial charge in [0.1, 0.15) is 148 Å². The van der Waals surface area contributed by atoms with E-state index in [-0.39, 0.29) is 132 Å². The van der Waals surface area contributed by atoms with E-state index in [1.165, 1.54) is 77.5 Å². The molecule has 6 aliphatic heterocycles. The fourth-order valence-electron chi connectivity index (χ4n) is 15.8. The topological polar surface area (TPSA) is 419 Å². The molecular formula is C89H107BrCl4IN23O8Si3. The van der Waals surface area contributed by atoms with Crippen molar-refractivity contribution in [3.05, 3.63) is 167 Å². The lowest BCUT2D eigenvalue weighted by atomic mass is 9.89. The van der Waals surface area contributed by atoms with Crippen molar-refractivity contribution in [3.63, 3.8) is 0 Å². The number of nitrogens with one attached hydrogen (secondary N) is 7. The van der Waals surface area contributed by atoms with Gasteiger partial charge in [-0.3, -0.25) is 66.6 Å². The molecule has 10 aliphatic rings. The standard InChI is InChI=1S/C21H24ClN5O2Si.2C18H16ClN5O2.C12H12BrClN2O2.C9H15N3Si.C5H10Si.C4H6IN3.2CH4/c1-30(2,3)10-7-14-12-23-13-24-18(14)25-16-11-15(22)17-19(28)26-21(27(17)20(16)29)8-5-4-6-9-21;2*1-2-11-9-20-10-21-15(11)22-13-8-12(19)14-16(25)23-18(24(14)17(13)26)6-4-3-5-7-18;13-7-6-8(14)9-10(17)15-12(16(9)11(7)18)4-2-1-3-5-12;1-13(2,3)5-4-8-6-11-7-12-9(8)10;1-5-6(2,3)4;5-3-1-7-2-8-4(3)6;;/h11-13H,4-6,8-9H2,1-3H3,(H,26,28)(H,23,24,25);2*1,8-10H,3-7H2,(H,23,25)(H,20,21,22);6H,1-5H2,(H,15,17);6-9H,10H2,1-3H3;1H,2-4H3;1-4H,6H2;2*1H4. The quantitative estimate of drug-likeness (QED) is 0.0323. The Morgan fingerprint density at radius 1 is 0.450 bits per heavy atom. The number of carbonyl (C=O) groups excluding carboxylic acids is 4. The molecule has 0 aromatic carbocycles. The van der Waals surface area contributed by atoms with E-state index >= 15 is 0 Å². The molecule has 4 spiro atoms. The monoisotopic (exact) mass is 2060 g/mol. The van der Waals surface area contributed by atoms with Crippen molar-refractivity contribution in [1.82, 2.24) is 69.4 Å². The second-order valence-electron chi connectivity index (χ2n) is 34.7. The SMILES string of the molecule is C.C.C#C[Si](C)(C)C.C#Cc1cncnc1Nc1cc(Cl)c2n(c1=O)C1(CCCCC1)NC2=O.C#Cc1cncnc1Nc1cc(Cl)c2n(c1=O)C1(CCCCC1)NC2=O.C[Si](C)(C)C#CC1C=NC=NC1N.C[Si](C)(C)C#Cc1cncnc1Nc1cc(Cl)c2n(c1=O)C1(CCCCC1)NC2=O.NC1N=CN=CC1I.O=C1NC2(CCCCC2)n2c1c(Cl)cc(Br)c2=O. The van der Waals surface area contributed by atoms with Crippen LogP contribution in [0.2, 0.25) is 79.0 Å². The van der Waals surface area contributed by atoms with Gasteiger partial charge in [0.2, 0.25) is 0 Å². The van der Waals surface area contributed by atoms with Crippen LogP contribution in [0.3, 0.4) is 0 Å². The summed E-state index contributed by atoms with van der Waals surface area (Å²) in [5.74, 6) is 11.2. The van der Waals surface area contributed by atoms with Crippen molar-refractivity contribution in [2.45, 2.75) is 241 Å². The van der Waals surface area contributed by atoms with Gasteiger partial charge >= 0.3 is 0 Å². The Kier molecular flexibility index (Phi) is 34.7. The fraction of sp³-hybridized carbons (Fsp3) is 0.438. The lowest BCUT2D eigenvalue weighted by Crippen LogP contribution is -2.48. The number of nitrogens with zero attached hydrogens (tertiary/aromatic N) is 14. The molecule has 680 valence electrons. The van der Waals surface area contributed by atoms with E-state index in [1.807, 2.05) is 0 Å². The molecule has 7 aromatic heterocycles. The molecule has 7 aromatic rings. The third kappa shape index (κ3) is 24.1. The summed E-state index contributed by atoms with van der Waals surface area (Å²) in [6.07, 6.45) is 48.8. The first kappa shape index (κ1) is 102. The van der Waals surface area contributed by atoms with Crippen molar-refractivity contribution in [2.75, 3.05) is 16.0 Å². The second kappa shape index (κ2) is 43.6. The predicted octanol–water partition coefficient (Wildman–Crippen LogP) is 14.8. The molecule has 0 radical (unpaired) electrons. The van der Waals surface area contributed by atoms with Crippen LogP contribution in [0, 0.1) is 65.5 Å². The van der Waals surface area contributed by atoms with Crippen LogP contribution in [-0.2, 0) is 22.7 Å². The molecule has 4 saturated carbocycles. The van der Waals surface area contributed by atoms with E-state index in [2.05, 4.69) is 225 Å². The Bertz CT molecular complexity index is 5910. The lowest BCUT2D eigenvalue weighted by molar-refractivity contribution is 0.0867. The minimum Gasteiger partial charge on any atom is -0.335 e. The van der Waals surface area contributed by atoms with Crippen LogP contribution in [0.4, 0.5) is 34.5 Å². The summed E-state index contributed by atoms with van der Waals surface area (Å²) >= 11 is 30.7. The zero-order valence-electron chi connectivity index (χ0n) is 71.7. The van der Waals surface area contributed by atoms with E-state index in [4.69, 9.17) is 77.1 Å². The van der Waals surface area contributed by atoms with E-state index in [0.29, 0.717) is 87.9 Å². The summed E-state index contributed by atoms with van der Waals surface area (Å²) in [5.41, 5.74) is 19.8. The molecule has 13 heterocycles. The number of pyridine rings is 4. The van der Waals surface area contributed by atoms with Crippen molar-refractivity contribution in [3.8, 4) is 59.6 Å². The lowest BCUT2D eigenvalue weighted by Gasteiger charge is -2.35. The Hall–Kier alpha value is -10.3. The smallest absolute Gasteiger partial charge is 0.276 e. The minimum atomic E-state index is -1.60. The normalized spacial score (nSPS) is 19.3. The number of anilines is 6. The van der Waals surface area contributed by atoms with Gasteiger partial charge in [-0.25, -0.2) is 39.9 Å². The Balaban J connectivity index is 0.000000177. The summed E-state index contributed by atoms with van der Waals surface area (Å²) in [6, 6.07) is 5.88. The molecular weight excluding hydrogens is 1950 g/mol. The summed E-state index contributed by atoms with van der Waals surface area (Å²) < 4.78 is 6.79. The number of fused-ring (bicyclic) bond motifs is 8. The van der Waals surface area contributed by atoms with Crippen LogP contribution in [0.1, 0.15) is 202 Å². The highest BCUT2D eigenvalue weighted by atomic mass is 127. The maximum Gasteiger partial charge on any atom is 0.276 e. The van der Waals surface area contributed by atoms with E-state index < -0.39 is 46.9 Å². The van der Waals surface area contributed by atoms with Gasteiger partial charge in [-0.15, -0.1) is 35.9 Å². The van der Waals surface area contributed by atoms with Crippen molar-refractivity contribution in [1.29, 1.82) is 0 Å². The highest BCUT2D eigenvalue weighted by Crippen LogP contribution is 2.44. The van der Waals surface area contributed by atoms with Gasteiger partial charge in [-0.2, -0.15) is 0 Å². The largest absolute Gasteiger partial charge is 0.335 e. The number of amides is 4. The van der Waals surface area contributed by atoms with Gasteiger partial charge in [0.15, 0.2) is 0 Å². The van der Waals surface area contributed by atoms with E-state index in [1.54, 1.807) is 27.8 Å². The van der Waals surface area contributed by atoms with E-state index in [9.17, 15) is 38.4 Å². The Morgan fingerprint density at radius 3 is 1.05 bits per heavy atom. The molecule has 11 N–H and O–H groups in total. The molecule has 31 nitrogen and oxygen atoms in total. The van der Waals surface area contributed by atoms with Crippen molar-refractivity contribution >= 4 is 192 Å². The van der Waals surface area contributed by atoms with Crippen molar-refractivity contribution < 1.29 is 19.2 Å². The zero-order chi connectivity index (χ0) is 92.1. The third-order valence-electron chi connectivity index (χ3n) is 21.9. The number of terminal acetylenes is 3. The first-order valence-corrected chi connectivity index (χ1v) is 55.5. The third-order valence-corrected chi connectivity index (χ3v) is 27.3. The van der Waals surface area contributed by atoms with Crippen LogP contribution in [0.15, 0.2) is 105 Å². The van der Waals surface area contributed by atoms with Crippen LogP contribution in [-0.4, -0.2) is 137 Å². The molecule has 4 unspecified atom stereocenters. The average Bonchev–Trinajstić information content (AvgIpc) is 1.59. The molecule has 4 aliphatic carbocycles. The Labute approximate surface area is 795 Å². The highest BCUT2D eigenvalue weighted by molar-refractivity contribution is 14.1. The number of alkyl halides is 1. The van der Waals surface area contributed by atoms with Crippen LogP contribution >= 0.6 is 84.9 Å². The summed E-state index contributed by atoms with van der Waals surface area (Å²) in [5, 5.41) is 21.9. The number of carbonyl (C=O) groups is 4. The molecule has 129 heavy (non-hydrogen) atoms.